The van der Waals surface area contributed by atoms with Gasteiger partial charge >= 0.3 is 0 Å². The van der Waals surface area contributed by atoms with E-state index >= 15 is 0 Å². The average Bonchev–Trinajstić information content (AvgIpc) is 2.35. The molecule has 100 valence electrons. The van der Waals surface area contributed by atoms with Crippen LogP contribution in [0.15, 0.2) is 18.2 Å². The predicted octanol–water partition coefficient (Wildman–Crippen LogP) is 4.56. The molecule has 18 heavy (non-hydrogen) atoms. The molecule has 0 radical (unpaired) electrons. The number of benzene rings is 1. The number of carbonyl (C=O) groups is 1. The zero-order chi connectivity index (χ0) is 13.5. The molecule has 1 aromatic carbocycles. The van der Waals surface area contributed by atoms with Crippen molar-refractivity contribution in [2.45, 2.75) is 46.1 Å². The number of rotatable bonds is 7. The van der Waals surface area contributed by atoms with Gasteiger partial charge in [-0.3, -0.25) is 4.79 Å². The lowest BCUT2D eigenvalue weighted by Gasteiger charge is -2.30. The van der Waals surface area contributed by atoms with Gasteiger partial charge in [0.25, 0.3) is 0 Å². The van der Waals surface area contributed by atoms with Gasteiger partial charge in [0.05, 0.1) is 0 Å². The van der Waals surface area contributed by atoms with E-state index in [9.17, 15) is 4.79 Å². The maximum atomic E-state index is 11.2. The van der Waals surface area contributed by atoms with Crippen LogP contribution in [-0.2, 0) is 0 Å². The Bertz CT molecular complexity index is 390. The summed E-state index contributed by atoms with van der Waals surface area (Å²) in [6.07, 6.45) is 4.45. The number of hydrogen-bond acceptors (Lipinski definition) is 2. The van der Waals surface area contributed by atoms with Crippen molar-refractivity contribution in [2.75, 3.05) is 11.4 Å². The van der Waals surface area contributed by atoms with Gasteiger partial charge in [-0.15, -0.1) is 0 Å². The first kappa shape index (κ1) is 15.0. The quantitative estimate of drug-likeness (QED) is 0.533. The van der Waals surface area contributed by atoms with Gasteiger partial charge in [-0.05, 0) is 38.5 Å². The van der Waals surface area contributed by atoms with Crippen molar-refractivity contribution in [2.24, 2.45) is 0 Å². The number of unbranched alkanes of at least 4 members (excludes halogenated alkanes) is 2. The van der Waals surface area contributed by atoms with Crippen molar-refractivity contribution < 1.29 is 4.79 Å². The lowest BCUT2D eigenvalue weighted by atomic mass is 10.1. The van der Waals surface area contributed by atoms with Crippen LogP contribution in [0.5, 0.6) is 0 Å². The number of hydrogen-bond donors (Lipinski definition) is 0. The number of halogens is 1. The molecule has 0 N–H and O–H groups in total. The lowest BCUT2D eigenvalue weighted by molar-refractivity contribution is 0.112. The summed E-state index contributed by atoms with van der Waals surface area (Å²) in [7, 11) is 0. The second-order valence-electron chi connectivity index (χ2n) is 4.82. The Labute approximate surface area is 115 Å². The molecule has 1 aromatic rings. The Hall–Kier alpha value is -1.02. The first-order valence-corrected chi connectivity index (χ1v) is 6.99. The SMILES string of the molecule is CCCCCN(c1ccc(Cl)cc1C=O)C(C)C. The largest absolute Gasteiger partial charge is 0.369 e. The van der Waals surface area contributed by atoms with E-state index in [2.05, 4.69) is 25.7 Å². The van der Waals surface area contributed by atoms with E-state index in [0.717, 1.165) is 24.9 Å². The first-order chi connectivity index (χ1) is 8.60. The zero-order valence-electron chi connectivity index (χ0n) is 11.4. The van der Waals surface area contributed by atoms with Crippen molar-refractivity contribution in [3.63, 3.8) is 0 Å². The van der Waals surface area contributed by atoms with Crippen molar-refractivity contribution in [1.82, 2.24) is 0 Å². The Morgan fingerprint density at radius 2 is 2.06 bits per heavy atom. The summed E-state index contributed by atoms with van der Waals surface area (Å²) in [5.41, 5.74) is 1.66. The van der Waals surface area contributed by atoms with Crippen LogP contribution in [0.1, 0.15) is 50.4 Å². The van der Waals surface area contributed by atoms with E-state index in [1.807, 2.05) is 12.1 Å². The molecule has 0 saturated heterocycles. The smallest absolute Gasteiger partial charge is 0.152 e. The summed E-state index contributed by atoms with van der Waals surface area (Å²) in [5.74, 6) is 0. The Kier molecular flexibility index (Phi) is 6.20. The molecule has 0 heterocycles. The molecule has 0 spiro atoms. The van der Waals surface area contributed by atoms with Gasteiger partial charge in [-0.1, -0.05) is 31.4 Å². The number of aldehydes is 1. The van der Waals surface area contributed by atoms with Crippen LogP contribution in [0.25, 0.3) is 0 Å². The Balaban J connectivity index is 2.94. The molecule has 2 nitrogen and oxygen atoms in total. The summed E-state index contributed by atoms with van der Waals surface area (Å²) in [5, 5.41) is 0.609. The van der Waals surface area contributed by atoms with E-state index in [0.29, 0.717) is 16.6 Å². The van der Waals surface area contributed by atoms with Gasteiger partial charge in [0, 0.05) is 28.9 Å². The van der Waals surface area contributed by atoms with E-state index in [1.54, 1.807) is 6.07 Å². The monoisotopic (exact) mass is 267 g/mol. The van der Waals surface area contributed by atoms with Crippen LogP contribution in [0.2, 0.25) is 5.02 Å². The highest BCUT2D eigenvalue weighted by molar-refractivity contribution is 6.31. The minimum atomic E-state index is 0.377. The van der Waals surface area contributed by atoms with E-state index in [-0.39, 0.29) is 0 Å². The topological polar surface area (TPSA) is 20.3 Å². The van der Waals surface area contributed by atoms with Crippen LogP contribution in [0, 0.1) is 0 Å². The van der Waals surface area contributed by atoms with Crippen LogP contribution < -0.4 is 4.90 Å². The number of carbonyl (C=O) groups excluding carboxylic acids is 1. The molecule has 0 atom stereocenters. The van der Waals surface area contributed by atoms with Crippen molar-refractivity contribution in [1.29, 1.82) is 0 Å². The van der Waals surface area contributed by atoms with Gasteiger partial charge in [0.15, 0.2) is 6.29 Å². The fourth-order valence-corrected chi connectivity index (χ4v) is 2.25. The summed E-state index contributed by atoms with van der Waals surface area (Å²) < 4.78 is 0. The molecule has 0 unspecified atom stereocenters. The highest BCUT2D eigenvalue weighted by Gasteiger charge is 2.14. The van der Waals surface area contributed by atoms with Crippen LogP contribution >= 0.6 is 11.6 Å². The Morgan fingerprint density at radius 3 is 2.61 bits per heavy atom. The first-order valence-electron chi connectivity index (χ1n) is 6.61. The van der Waals surface area contributed by atoms with E-state index in [4.69, 9.17) is 11.6 Å². The highest BCUT2D eigenvalue weighted by atomic mass is 35.5. The van der Waals surface area contributed by atoms with Gasteiger partial charge in [0.1, 0.15) is 0 Å². The molecule has 0 saturated carbocycles. The average molecular weight is 268 g/mol. The van der Waals surface area contributed by atoms with Gasteiger partial charge in [0.2, 0.25) is 0 Å². The minimum absolute atomic E-state index is 0.377. The summed E-state index contributed by atoms with van der Waals surface area (Å²) in [4.78, 5) is 13.4. The number of nitrogens with zero attached hydrogens (tertiary/aromatic N) is 1. The lowest BCUT2D eigenvalue weighted by Crippen LogP contribution is -2.32. The van der Waals surface area contributed by atoms with E-state index in [1.165, 1.54) is 12.8 Å². The van der Waals surface area contributed by atoms with E-state index < -0.39 is 0 Å². The van der Waals surface area contributed by atoms with Crippen molar-refractivity contribution >= 4 is 23.6 Å². The third-order valence-electron chi connectivity index (χ3n) is 3.05. The molecule has 0 amide bonds. The van der Waals surface area contributed by atoms with Gasteiger partial charge in [-0.25, -0.2) is 0 Å². The molecule has 0 bridgehead atoms. The van der Waals surface area contributed by atoms with Crippen LogP contribution in [-0.4, -0.2) is 18.9 Å². The molecular formula is C15H22ClNO. The third-order valence-corrected chi connectivity index (χ3v) is 3.29. The molecule has 0 aliphatic heterocycles. The van der Waals surface area contributed by atoms with Crippen molar-refractivity contribution in [3.05, 3.63) is 28.8 Å². The zero-order valence-corrected chi connectivity index (χ0v) is 12.2. The molecule has 3 heteroatoms. The van der Waals surface area contributed by atoms with Gasteiger partial charge < -0.3 is 4.90 Å². The third kappa shape index (κ3) is 4.02. The van der Waals surface area contributed by atoms with Crippen LogP contribution in [0.3, 0.4) is 0 Å². The van der Waals surface area contributed by atoms with Crippen molar-refractivity contribution in [3.8, 4) is 0 Å². The molecular weight excluding hydrogens is 246 g/mol. The summed E-state index contributed by atoms with van der Waals surface area (Å²) in [6.45, 7) is 7.47. The standard InChI is InChI=1S/C15H22ClNO/c1-4-5-6-9-17(12(2)3)15-8-7-14(16)10-13(15)11-18/h7-8,10-12H,4-6,9H2,1-3H3. The summed E-state index contributed by atoms with van der Waals surface area (Å²) in [6, 6.07) is 5.90. The second-order valence-corrected chi connectivity index (χ2v) is 5.25. The number of anilines is 1. The summed E-state index contributed by atoms with van der Waals surface area (Å²) >= 11 is 5.93. The molecule has 0 fully saturated rings. The molecule has 0 aromatic heterocycles. The second kappa shape index (κ2) is 7.42. The fraction of sp³-hybridized carbons (Fsp3) is 0.533. The van der Waals surface area contributed by atoms with Gasteiger partial charge in [-0.2, -0.15) is 0 Å². The minimum Gasteiger partial charge on any atom is -0.369 e. The maximum Gasteiger partial charge on any atom is 0.152 e. The maximum absolute atomic E-state index is 11.2. The predicted molar refractivity (Wildman–Crippen MR) is 78.8 cm³/mol. The normalized spacial score (nSPS) is 10.7. The van der Waals surface area contributed by atoms with Crippen LogP contribution in [0.4, 0.5) is 5.69 Å². The molecule has 1 rings (SSSR count). The molecule has 0 aliphatic rings. The fourth-order valence-electron chi connectivity index (χ4n) is 2.07. The highest BCUT2D eigenvalue weighted by Crippen LogP contribution is 2.25. The Morgan fingerprint density at radius 1 is 1.33 bits per heavy atom. The molecule has 0 aliphatic carbocycles.